The first-order valence-corrected chi connectivity index (χ1v) is 12.7. The van der Waals surface area contributed by atoms with Crippen molar-refractivity contribution >= 4 is 51.7 Å². The standard InChI is InChI=1S/C25H24FN5O2S2/c1-2-28-11-13-29(14-12-28)22-19(23(32)30-10-4-3-5-21(30)27-22)15-20-24(33)31(25(34)35-20)16-17-6-8-18(26)9-7-17/h3-10,15H,2,11-14,16H2,1H3. The van der Waals surface area contributed by atoms with E-state index in [-0.39, 0.29) is 23.8 Å². The van der Waals surface area contributed by atoms with Crippen LogP contribution in [0, 0.1) is 5.82 Å². The van der Waals surface area contributed by atoms with Crippen LogP contribution in [-0.4, -0.2) is 62.1 Å². The maximum absolute atomic E-state index is 13.5. The van der Waals surface area contributed by atoms with E-state index < -0.39 is 0 Å². The lowest BCUT2D eigenvalue weighted by Crippen LogP contribution is -2.47. The van der Waals surface area contributed by atoms with Crippen molar-refractivity contribution in [3.63, 3.8) is 0 Å². The van der Waals surface area contributed by atoms with Crippen molar-refractivity contribution in [2.75, 3.05) is 37.6 Å². The van der Waals surface area contributed by atoms with Crippen LogP contribution in [0.5, 0.6) is 0 Å². The van der Waals surface area contributed by atoms with Gasteiger partial charge in [-0.15, -0.1) is 0 Å². The minimum atomic E-state index is -0.337. The maximum Gasteiger partial charge on any atom is 0.267 e. The van der Waals surface area contributed by atoms with Crippen molar-refractivity contribution in [2.45, 2.75) is 13.5 Å². The van der Waals surface area contributed by atoms with Crippen LogP contribution >= 0.6 is 24.0 Å². The molecule has 10 heteroatoms. The van der Waals surface area contributed by atoms with E-state index in [1.165, 1.54) is 21.4 Å². The molecule has 4 heterocycles. The summed E-state index contributed by atoms with van der Waals surface area (Å²) in [6.45, 7) is 6.60. The zero-order valence-electron chi connectivity index (χ0n) is 19.2. The van der Waals surface area contributed by atoms with Crippen molar-refractivity contribution in [1.29, 1.82) is 0 Å². The monoisotopic (exact) mass is 509 g/mol. The van der Waals surface area contributed by atoms with Gasteiger partial charge in [0.1, 0.15) is 21.6 Å². The first-order valence-electron chi connectivity index (χ1n) is 11.4. The minimum absolute atomic E-state index is 0.229. The van der Waals surface area contributed by atoms with E-state index in [0.29, 0.717) is 26.3 Å². The van der Waals surface area contributed by atoms with Gasteiger partial charge in [-0.1, -0.05) is 49.1 Å². The van der Waals surface area contributed by atoms with Gasteiger partial charge >= 0.3 is 0 Å². The molecular weight excluding hydrogens is 485 g/mol. The van der Waals surface area contributed by atoms with Crippen LogP contribution in [0.25, 0.3) is 11.7 Å². The zero-order valence-corrected chi connectivity index (χ0v) is 20.8. The Balaban J connectivity index is 1.52. The number of piperazine rings is 1. The molecule has 2 aliphatic heterocycles. The predicted octanol–water partition coefficient (Wildman–Crippen LogP) is 3.38. The number of benzene rings is 1. The highest BCUT2D eigenvalue weighted by molar-refractivity contribution is 8.26. The van der Waals surface area contributed by atoms with Crippen molar-refractivity contribution in [3.8, 4) is 0 Å². The van der Waals surface area contributed by atoms with E-state index in [1.807, 2.05) is 6.07 Å². The second-order valence-corrected chi connectivity index (χ2v) is 10.1. The van der Waals surface area contributed by atoms with Crippen LogP contribution in [0.3, 0.4) is 0 Å². The lowest BCUT2D eigenvalue weighted by Gasteiger charge is -2.35. The number of nitrogens with zero attached hydrogens (tertiary/aromatic N) is 5. The average molecular weight is 510 g/mol. The maximum atomic E-state index is 13.5. The van der Waals surface area contributed by atoms with Crippen LogP contribution in [0.1, 0.15) is 18.1 Å². The number of likely N-dealkylation sites (N-methyl/N-ethyl adjacent to an activating group) is 1. The minimum Gasteiger partial charge on any atom is -0.353 e. The van der Waals surface area contributed by atoms with Crippen LogP contribution in [0.15, 0.2) is 58.4 Å². The van der Waals surface area contributed by atoms with E-state index in [2.05, 4.69) is 16.7 Å². The van der Waals surface area contributed by atoms with Gasteiger partial charge in [0, 0.05) is 32.4 Å². The van der Waals surface area contributed by atoms with Crippen molar-refractivity contribution in [3.05, 3.63) is 80.9 Å². The number of carbonyl (C=O) groups is 1. The van der Waals surface area contributed by atoms with E-state index in [9.17, 15) is 14.0 Å². The molecule has 2 saturated heterocycles. The summed E-state index contributed by atoms with van der Waals surface area (Å²) in [7, 11) is 0. The highest BCUT2D eigenvalue weighted by Gasteiger charge is 2.33. The number of fused-ring (bicyclic) bond motifs is 1. The van der Waals surface area contributed by atoms with E-state index in [4.69, 9.17) is 17.2 Å². The fraction of sp³-hybridized carbons (Fsp3) is 0.280. The molecule has 1 aromatic carbocycles. The number of carbonyl (C=O) groups excluding carboxylic acids is 1. The number of pyridine rings is 1. The summed E-state index contributed by atoms with van der Waals surface area (Å²) in [4.78, 5) is 37.9. The summed E-state index contributed by atoms with van der Waals surface area (Å²) in [5, 5.41) is 0. The molecule has 2 aliphatic rings. The Morgan fingerprint density at radius 3 is 2.54 bits per heavy atom. The van der Waals surface area contributed by atoms with Crippen LogP contribution in [0.4, 0.5) is 10.2 Å². The quantitative estimate of drug-likeness (QED) is 0.386. The average Bonchev–Trinajstić information content (AvgIpc) is 3.14. The third kappa shape index (κ3) is 4.73. The van der Waals surface area contributed by atoms with Gasteiger partial charge in [0.2, 0.25) is 0 Å². The Bertz CT molecular complexity index is 1380. The van der Waals surface area contributed by atoms with Crippen LogP contribution in [0.2, 0.25) is 0 Å². The molecule has 0 radical (unpaired) electrons. The molecule has 0 bridgehead atoms. The molecule has 0 atom stereocenters. The third-order valence-corrected chi connectivity index (χ3v) is 7.65. The molecule has 5 rings (SSSR count). The highest BCUT2D eigenvalue weighted by atomic mass is 32.2. The second-order valence-electron chi connectivity index (χ2n) is 8.40. The highest BCUT2D eigenvalue weighted by Crippen LogP contribution is 2.34. The number of halogens is 1. The smallest absolute Gasteiger partial charge is 0.267 e. The number of aromatic nitrogens is 2. The molecule has 2 aromatic heterocycles. The molecule has 0 saturated carbocycles. The summed E-state index contributed by atoms with van der Waals surface area (Å²) in [5.74, 6) is -0.0278. The Kier molecular flexibility index (Phi) is 6.68. The predicted molar refractivity (Wildman–Crippen MR) is 141 cm³/mol. The van der Waals surface area contributed by atoms with E-state index in [1.54, 1.807) is 36.5 Å². The molecule has 0 N–H and O–H groups in total. The van der Waals surface area contributed by atoms with Crippen molar-refractivity contribution in [1.82, 2.24) is 19.2 Å². The van der Waals surface area contributed by atoms with Gasteiger partial charge in [-0.25, -0.2) is 9.37 Å². The number of amides is 1. The van der Waals surface area contributed by atoms with Gasteiger partial charge in [-0.05, 0) is 42.4 Å². The molecule has 0 unspecified atom stereocenters. The normalized spacial score (nSPS) is 18.3. The molecule has 2 fully saturated rings. The van der Waals surface area contributed by atoms with Gasteiger partial charge < -0.3 is 9.80 Å². The molecule has 180 valence electrons. The zero-order chi connectivity index (χ0) is 24.5. The molecule has 35 heavy (non-hydrogen) atoms. The van der Waals surface area contributed by atoms with Gasteiger partial charge in [-0.2, -0.15) is 0 Å². The van der Waals surface area contributed by atoms with Gasteiger partial charge in [-0.3, -0.25) is 18.9 Å². The van der Waals surface area contributed by atoms with Crippen LogP contribution < -0.4 is 10.5 Å². The van der Waals surface area contributed by atoms with Crippen molar-refractivity contribution in [2.24, 2.45) is 0 Å². The molecule has 3 aromatic rings. The van der Waals surface area contributed by atoms with Gasteiger partial charge in [0.05, 0.1) is 17.0 Å². The number of hydrogen-bond acceptors (Lipinski definition) is 7. The Morgan fingerprint density at radius 2 is 1.83 bits per heavy atom. The fourth-order valence-corrected chi connectivity index (χ4v) is 5.51. The van der Waals surface area contributed by atoms with E-state index in [0.717, 1.165) is 50.0 Å². The van der Waals surface area contributed by atoms with Crippen LogP contribution in [-0.2, 0) is 11.3 Å². The van der Waals surface area contributed by atoms with Gasteiger partial charge in [0.15, 0.2) is 0 Å². The number of rotatable bonds is 5. The summed E-state index contributed by atoms with van der Waals surface area (Å²) in [5.41, 5.74) is 1.48. The largest absolute Gasteiger partial charge is 0.353 e. The Hall–Kier alpha value is -3.08. The summed E-state index contributed by atoms with van der Waals surface area (Å²) in [6, 6.07) is 11.4. The van der Waals surface area contributed by atoms with Gasteiger partial charge in [0.25, 0.3) is 11.5 Å². The molecule has 7 nitrogen and oxygen atoms in total. The molecule has 0 aliphatic carbocycles. The summed E-state index contributed by atoms with van der Waals surface area (Å²) < 4.78 is 15.2. The number of hydrogen-bond donors (Lipinski definition) is 0. The molecule has 1 amide bonds. The SMILES string of the molecule is CCN1CCN(c2nc3ccccn3c(=O)c2C=C2SC(=S)N(Cc3ccc(F)cc3)C2=O)CC1. The summed E-state index contributed by atoms with van der Waals surface area (Å²) >= 11 is 6.63. The lowest BCUT2D eigenvalue weighted by atomic mass is 10.2. The molecule has 0 spiro atoms. The van der Waals surface area contributed by atoms with Crippen molar-refractivity contribution < 1.29 is 9.18 Å². The lowest BCUT2D eigenvalue weighted by molar-refractivity contribution is -0.122. The first-order chi connectivity index (χ1) is 16.9. The topological polar surface area (TPSA) is 61.2 Å². The number of thiocarbonyl (C=S) groups is 1. The second kappa shape index (κ2) is 9.88. The first kappa shape index (κ1) is 23.7. The third-order valence-electron chi connectivity index (χ3n) is 6.27. The fourth-order valence-electron chi connectivity index (χ4n) is 4.27. The Labute approximate surface area is 211 Å². The Morgan fingerprint density at radius 1 is 1.09 bits per heavy atom. The van der Waals surface area contributed by atoms with E-state index >= 15 is 0 Å². The number of thioether (sulfide) groups is 1. The summed E-state index contributed by atoms with van der Waals surface area (Å²) in [6.07, 6.45) is 3.31. The molecular formula is C25H24FN5O2S2. The number of anilines is 1.